The maximum absolute atomic E-state index is 13.1. The number of piperidine rings is 1. The number of nitrogens with zero attached hydrogens (tertiary/aromatic N) is 4. The first-order valence-electron chi connectivity index (χ1n) is 8.97. The van der Waals surface area contributed by atoms with Crippen molar-refractivity contribution in [2.75, 3.05) is 20.1 Å². The van der Waals surface area contributed by atoms with Crippen LogP contribution in [0.2, 0.25) is 0 Å². The van der Waals surface area contributed by atoms with Crippen LogP contribution >= 0.6 is 0 Å². The van der Waals surface area contributed by atoms with Crippen LogP contribution in [0.5, 0.6) is 0 Å². The van der Waals surface area contributed by atoms with E-state index >= 15 is 0 Å². The maximum atomic E-state index is 13.1. The van der Waals surface area contributed by atoms with Gasteiger partial charge in [0.05, 0.1) is 11.6 Å². The van der Waals surface area contributed by atoms with Crippen LogP contribution in [0.4, 0.5) is 0 Å². The van der Waals surface area contributed by atoms with Crippen LogP contribution in [0.1, 0.15) is 34.5 Å². The molecule has 1 aromatic heterocycles. The summed E-state index contributed by atoms with van der Waals surface area (Å²) < 4.78 is 0. The number of fused-ring (bicyclic) bond motifs is 1. The molecule has 3 heterocycles. The van der Waals surface area contributed by atoms with Gasteiger partial charge < -0.3 is 9.80 Å². The molecule has 134 valence electrons. The molecule has 0 radical (unpaired) electrons. The second kappa shape index (κ2) is 6.52. The summed E-state index contributed by atoms with van der Waals surface area (Å²) >= 11 is 0. The fraction of sp³-hybridized carbons (Fsp3) is 0.400. The summed E-state index contributed by atoms with van der Waals surface area (Å²) in [6.07, 6.45) is 6.68. The fourth-order valence-electron chi connectivity index (χ4n) is 4.16. The smallest absolute Gasteiger partial charge is 0.274 e. The second-order valence-corrected chi connectivity index (χ2v) is 7.27. The molecule has 6 heteroatoms. The van der Waals surface area contributed by atoms with Gasteiger partial charge in [0.25, 0.3) is 5.91 Å². The van der Waals surface area contributed by atoms with Gasteiger partial charge in [-0.1, -0.05) is 24.3 Å². The summed E-state index contributed by atoms with van der Waals surface area (Å²) in [5, 5.41) is 0. The van der Waals surface area contributed by atoms with Crippen LogP contribution in [0.25, 0.3) is 0 Å². The van der Waals surface area contributed by atoms with E-state index in [0.29, 0.717) is 38.2 Å². The van der Waals surface area contributed by atoms with Crippen molar-refractivity contribution in [3.8, 4) is 0 Å². The number of aromatic nitrogens is 2. The first-order chi connectivity index (χ1) is 12.6. The van der Waals surface area contributed by atoms with Gasteiger partial charge in [-0.15, -0.1) is 0 Å². The lowest BCUT2D eigenvalue weighted by Crippen LogP contribution is -2.50. The van der Waals surface area contributed by atoms with Gasteiger partial charge in [-0.3, -0.25) is 14.6 Å². The molecule has 2 aromatic rings. The van der Waals surface area contributed by atoms with Crippen molar-refractivity contribution >= 4 is 11.8 Å². The van der Waals surface area contributed by atoms with Crippen LogP contribution < -0.4 is 0 Å². The van der Waals surface area contributed by atoms with E-state index in [1.807, 2.05) is 24.1 Å². The van der Waals surface area contributed by atoms with E-state index in [0.717, 1.165) is 6.42 Å². The van der Waals surface area contributed by atoms with Gasteiger partial charge in [0.1, 0.15) is 5.69 Å². The molecule has 4 rings (SSSR count). The first kappa shape index (κ1) is 16.7. The number of carbonyl (C=O) groups is 2. The number of rotatable bonds is 1. The number of carbonyl (C=O) groups excluding carboxylic acids is 2. The highest BCUT2D eigenvalue weighted by Crippen LogP contribution is 2.40. The summed E-state index contributed by atoms with van der Waals surface area (Å²) in [4.78, 5) is 37.5. The van der Waals surface area contributed by atoms with Crippen LogP contribution in [-0.2, 0) is 17.8 Å². The molecule has 2 aliphatic rings. The molecule has 0 bridgehead atoms. The lowest BCUT2D eigenvalue weighted by Gasteiger charge is -2.41. The zero-order chi connectivity index (χ0) is 18.1. The standard InChI is InChI=1S/C20H22N4O2/c1-23-14-16-5-3-2-4-15(16)12-20(19(23)26)6-10-24(11-7-20)18(25)17-13-21-8-9-22-17/h2-5,8-9,13H,6-7,10-12,14H2,1H3. The Balaban J connectivity index is 1.55. The zero-order valence-electron chi connectivity index (χ0n) is 14.9. The lowest BCUT2D eigenvalue weighted by molar-refractivity contribution is -0.143. The lowest BCUT2D eigenvalue weighted by atomic mass is 9.73. The van der Waals surface area contributed by atoms with E-state index in [1.54, 1.807) is 11.1 Å². The van der Waals surface area contributed by atoms with Crippen molar-refractivity contribution in [2.24, 2.45) is 5.41 Å². The number of hydrogen-bond acceptors (Lipinski definition) is 4. The third kappa shape index (κ3) is 2.85. The van der Waals surface area contributed by atoms with Crippen LogP contribution in [0.3, 0.4) is 0 Å². The third-order valence-corrected chi connectivity index (χ3v) is 5.65. The van der Waals surface area contributed by atoms with Crippen LogP contribution in [0.15, 0.2) is 42.9 Å². The first-order valence-corrected chi connectivity index (χ1v) is 8.97. The summed E-state index contributed by atoms with van der Waals surface area (Å²) in [6.45, 7) is 1.79. The zero-order valence-corrected chi connectivity index (χ0v) is 14.9. The molecule has 2 aliphatic heterocycles. The van der Waals surface area contributed by atoms with Gasteiger partial charge in [0, 0.05) is 39.1 Å². The number of hydrogen-bond donors (Lipinski definition) is 0. The van der Waals surface area contributed by atoms with E-state index in [9.17, 15) is 9.59 Å². The van der Waals surface area contributed by atoms with E-state index in [2.05, 4.69) is 22.1 Å². The molecular formula is C20H22N4O2. The maximum Gasteiger partial charge on any atom is 0.274 e. The monoisotopic (exact) mass is 350 g/mol. The van der Waals surface area contributed by atoms with Gasteiger partial charge in [-0.2, -0.15) is 0 Å². The molecule has 26 heavy (non-hydrogen) atoms. The normalized spacial score (nSPS) is 19.2. The van der Waals surface area contributed by atoms with Gasteiger partial charge in [-0.25, -0.2) is 4.98 Å². The van der Waals surface area contributed by atoms with Gasteiger partial charge >= 0.3 is 0 Å². The number of amides is 2. The Kier molecular flexibility index (Phi) is 4.18. The highest BCUT2D eigenvalue weighted by molar-refractivity contribution is 5.92. The van der Waals surface area contributed by atoms with Crippen molar-refractivity contribution in [2.45, 2.75) is 25.8 Å². The molecule has 1 aromatic carbocycles. The highest BCUT2D eigenvalue weighted by Gasteiger charge is 2.45. The van der Waals surface area contributed by atoms with Gasteiger partial charge in [0.15, 0.2) is 0 Å². The summed E-state index contributed by atoms with van der Waals surface area (Å²) in [5.74, 6) is 0.0862. The largest absolute Gasteiger partial charge is 0.341 e. The Morgan fingerprint density at radius 2 is 1.85 bits per heavy atom. The Labute approximate surface area is 152 Å². The molecule has 1 fully saturated rings. The molecule has 1 spiro atoms. The Bertz CT molecular complexity index is 829. The predicted molar refractivity (Wildman–Crippen MR) is 96.2 cm³/mol. The van der Waals surface area contributed by atoms with Crippen molar-refractivity contribution < 1.29 is 9.59 Å². The fourth-order valence-corrected chi connectivity index (χ4v) is 4.16. The summed E-state index contributed by atoms with van der Waals surface area (Å²) in [5.41, 5.74) is 2.41. The molecule has 0 unspecified atom stereocenters. The van der Waals surface area contributed by atoms with Crippen molar-refractivity contribution in [3.05, 3.63) is 59.7 Å². The molecule has 6 nitrogen and oxygen atoms in total. The molecular weight excluding hydrogens is 328 g/mol. The Morgan fingerprint density at radius 3 is 2.54 bits per heavy atom. The minimum atomic E-state index is -0.416. The van der Waals surface area contributed by atoms with Gasteiger partial charge in [0.2, 0.25) is 5.91 Å². The van der Waals surface area contributed by atoms with Crippen LogP contribution in [0, 0.1) is 5.41 Å². The van der Waals surface area contributed by atoms with Crippen LogP contribution in [-0.4, -0.2) is 51.7 Å². The molecule has 1 saturated heterocycles. The second-order valence-electron chi connectivity index (χ2n) is 7.27. The van der Waals surface area contributed by atoms with Gasteiger partial charge in [-0.05, 0) is 30.4 Å². The SMILES string of the molecule is CN1Cc2ccccc2CC2(CCN(C(=O)c3cnccn3)CC2)C1=O. The van der Waals surface area contributed by atoms with E-state index in [4.69, 9.17) is 0 Å². The van der Waals surface area contributed by atoms with E-state index in [1.165, 1.54) is 23.5 Å². The average molecular weight is 350 g/mol. The van der Waals surface area contributed by atoms with Crippen molar-refractivity contribution in [1.29, 1.82) is 0 Å². The number of likely N-dealkylation sites (tertiary alicyclic amines) is 1. The highest BCUT2D eigenvalue weighted by atomic mass is 16.2. The average Bonchev–Trinajstić information content (AvgIpc) is 2.78. The molecule has 0 N–H and O–H groups in total. The summed E-state index contributed by atoms with van der Waals surface area (Å²) in [7, 11) is 1.88. The quantitative estimate of drug-likeness (QED) is 0.788. The molecule has 0 atom stereocenters. The molecule has 0 aliphatic carbocycles. The Morgan fingerprint density at radius 1 is 1.12 bits per heavy atom. The number of benzene rings is 1. The Hall–Kier alpha value is -2.76. The van der Waals surface area contributed by atoms with Crippen molar-refractivity contribution in [3.63, 3.8) is 0 Å². The third-order valence-electron chi connectivity index (χ3n) is 5.65. The molecule has 2 amide bonds. The van der Waals surface area contributed by atoms with E-state index < -0.39 is 5.41 Å². The topological polar surface area (TPSA) is 66.4 Å². The molecule has 0 saturated carbocycles. The summed E-state index contributed by atoms with van der Waals surface area (Å²) in [6, 6.07) is 8.29. The minimum Gasteiger partial charge on any atom is -0.341 e. The van der Waals surface area contributed by atoms with Crippen molar-refractivity contribution in [1.82, 2.24) is 19.8 Å². The minimum absolute atomic E-state index is 0.109. The predicted octanol–water partition coefficient (Wildman–Crippen LogP) is 1.91. The van der Waals surface area contributed by atoms with E-state index in [-0.39, 0.29) is 11.8 Å².